The minimum atomic E-state index is -2.19. The first-order chi connectivity index (χ1) is 20.5. The molecule has 1 fully saturated rings. The fourth-order valence-corrected chi connectivity index (χ4v) is 7.13. The van der Waals surface area contributed by atoms with Crippen LogP contribution in [-0.2, 0) is 26.8 Å². The predicted octanol–water partition coefficient (Wildman–Crippen LogP) is 7.98. The minimum absolute atomic E-state index is 0.0134. The van der Waals surface area contributed by atoms with Crippen molar-refractivity contribution in [3.05, 3.63) is 76.8 Å². The number of carbonyl (C=O) groups is 2. The molecule has 0 aliphatic carbocycles. The van der Waals surface area contributed by atoms with Crippen LogP contribution in [0.3, 0.4) is 0 Å². The van der Waals surface area contributed by atoms with Crippen LogP contribution in [0.25, 0.3) is 0 Å². The van der Waals surface area contributed by atoms with Crippen LogP contribution in [-0.4, -0.2) is 47.9 Å². The summed E-state index contributed by atoms with van der Waals surface area (Å²) >= 11 is 1.32. The van der Waals surface area contributed by atoms with Gasteiger partial charge in [-0.15, -0.1) is 11.3 Å². The third-order valence-corrected chi connectivity index (χ3v) is 13.7. The molecule has 3 atom stereocenters. The Morgan fingerprint density at radius 1 is 1.05 bits per heavy atom. The first kappa shape index (κ1) is 33.7. The second kappa shape index (κ2) is 13.4. The number of amides is 2. The third-order valence-electron chi connectivity index (χ3n) is 8.48. The number of benzene rings is 2. The van der Waals surface area contributed by atoms with E-state index in [0.29, 0.717) is 22.9 Å². The van der Waals surface area contributed by atoms with Crippen molar-refractivity contribution in [2.75, 3.05) is 11.1 Å². The molecule has 10 heteroatoms. The molecule has 0 saturated carbocycles. The first-order valence-corrected chi connectivity index (χ1v) is 19.1. The zero-order valence-corrected chi connectivity index (χ0v) is 29.2. The largest absolute Gasteiger partial charge is 0.444 e. The normalized spacial score (nSPS) is 18.2. The lowest BCUT2D eigenvalue weighted by Crippen LogP contribution is -2.50. The molecule has 1 saturated heterocycles. The van der Waals surface area contributed by atoms with Crippen molar-refractivity contribution >= 4 is 42.5 Å². The summed E-state index contributed by atoms with van der Waals surface area (Å²) in [6.45, 7) is 17.0. The number of hydrogen-bond acceptors (Lipinski definition) is 7. The van der Waals surface area contributed by atoms with Gasteiger partial charge in [-0.2, -0.15) is 0 Å². The average Bonchev–Trinajstić information content (AvgIpc) is 3.52. The number of likely N-dealkylation sites (tertiary alicyclic amines) is 1. The van der Waals surface area contributed by atoms with Gasteiger partial charge in [-0.05, 0) is 81.4 Å². The predicted molar refractivity (Wildman–Crippen MR) is 181 cm³/mol. The number of nitrogen functional groups attached to an aromatic ring is 1. The Hall–Kier alpha value is -3.21. The minimum Gasteiger partial charge on any atom is -0.444 e. The molecule has 3 aromatic rings. The molecular weight excluding hydrogens is 589 g/mol. The lowest BCUT2D eigenvalue weighted by molar-refractivity contribution is -0.115. The monoisotopic (exact) mass is 636 g/mol. The van der Waals surface area contributed by atoms with Crippen molar-refractivity contribution in [1.29, 1.82) is 0 Å². The van der Waals surface area contributed by atoms with Crippen LogP contribution >= 0.6 is 11.3 Å². The Balaban J connectivity index is 1.56. The van der Waals surface area contributed by atoms with Crippen LogP contribution in [0.1, 0.15) is 77.3 Å². The summed E-state index contributed by atoms with van der Waals surface area (Å²) in [5.41, 5.74) is 8.59. The number of thiazole rings is 1. The fourth-order valence-electron chi connectivity index (χ4n) is 5.28. The number of aromatic nitrogens is 1. The molecule has 3 N–H and O–H groups in total. The van der Waals surface area contributed by atoms with Crippen LogP contribution in [0.2, 0.25) is 18.1 Å². The molecule has 8 nitrogen and oxygen atoms in total. The molecule has 44 heavy (non-hydrogen) atoms. The molecule has 1 aromatic heterocycles. The summed E-state index contributed by atoms with van der Waals surface area (Å²) in [5, 5.41) is 5.20. The maximum Gasteiger partial charge on any atom is 0.410 e. The number of anilines is 2. The summed E-state index contributed by atoms with van der Waals surface area (Å²) < 4.78 is 13.1. The number of hydrogen-bond donors (Lipinski definition) is 2. The number of nitrogens with two attached hydrogens (primary N) is 1. The average molecular weight is 637 g/mol. The molecule has 0 radical (unpaired) electrons. The van der Waals surface area contributed by atoms with Gasteiger partial charge in [-0.25, -0.2) is 9.78 Å². The maximum atomic E-state index is 13.9. The van der Waals surface area contributed by atoms with Gasteiger partial charge in [0.1, 0.15) is 5.60 Å². The summed E-state index contributed by atoms with van der Waals surface area (Å²) in [6, 6.07) is 17.9. The summed E-state index contributed by atoms with van der Waals surface area (Å²) in [7, 11) is -2.19. The molecule has 4 rings (SSSR count). The maximum absolute atomic E-state index is 13.9. The highest BCUT2D eigenvalue weighted by Gasteiger charge is 2.47. The van der Waals surface area contributed by atoms with Crippen molar-refractivity contribution in [1.82, 2.24) is 9.88 Å². The number of ether oxygens (including phenoxy) is 1. The quantitative estimate of drug-likeness (QED) is 0.231. The van der Waals surface area contributed by atoms with E-state index in [1.54, 1.807) is 5.38 Å². The van der Waals surface area contributed by atoms with Gasteiger partial charge in [-0.3, -0.25) is 9.69 Å². The zero-order chi connectivity index (χ0) is 32.3. The van der Waals surface area contributed by atoms with Gasteiger partial charge in [0.15, 0.2) is 13.4 Å². The molecule has 2 heterocycles. The smallest absolute Gasteiger partial charge is 0.410 e. The van der Waals surface area contributed by atoms with E-state index in [1.807, 2.05) is 68.1 Å². The Bertz CT molecular complexity index is 1410. The van der Waals surface area contributed by atoms with Crippen LogP contribution in [0.15, 0.2) is 60.0 Å². The van der Waals surface area contributed by atoms with Crippen LogP contribution in [0.4, 0.5) is 15.6 Å². The van der Waals surface area contributed by atoms with Crippen molar-refractivity contribution in [3.8, 4) is 0 Å². The Kier molecular flexibility index (Phi) is 10.3. The number of rotatable bonds is 9. The molecule has 1 aliphatic heterocycles. The number of nitrogens with one attached hydrogen (secondary N) is 1. The van der Waals surface area contributed by atoms with E-state index in [1.165, 1.54) is 11.3 Å². The van der Waals surface area contributed by atoms with Crippen molar-refractivity contribution in [3.63, 3.8) is 0 Å². The van der Waals surface area contributed by atoms with Gasteiger partial charge >= 0.3 is 6.09 Å². The SMILES string of the molecule is CC(C)(C)OC(=O)N1[C@H](Cc2ccc(NC(=O)Cc3csc(N)n3)cc2)CC[C@@H]1[C@H](O[Si](C)(C)C(C)(C)C)c1ccccc1. The molecule has 1 aliphatic rings. The zero-order valence-electron chi connectivity index (χ0n) is 27.3. The van der Waals surface area contributed by atoms with Gasteiger partial charge in [0.25, 0.3) is 0 Å². The van der Waals surface area contributed by atoms with Gasteiger partial charge in [0, 0.05) is 17.1 Å². The highest BCUT2D eigenvalue weighted by molar-refractivity contribution is 7.13. The van der Waals surface area contributed by atoms with Gasteiger partial charge in [0.05, 0.1) is 24.3 Å². The molecule has 0 bridgehead atoms. The number of carbonyl (C=O) groups excluding carboxylic acids is 2. The molecule has 2 amide bonds. The second-order valence-electron chi connectivity index (χ2n) is 14.2. The lowest BCUT2D eigenvalue weighted by Gasteiger charge is -2.43. The fraction of sp³-hybridized carbons (Fsp3) is 0.500. The van der Waals surface area contributed by atoms with E-state index in [-0.39, 0.29) is 41.6 Å². The molecule has 0 spiro atoms. The molecule has 2 aromatic carbocycles. The summed E-state index contributed by atoms with van der Waals surface area (Å²) in [4.78, 5) is 32.5. The van der Waals surface area contributed by atoms with E-state index in [4.69, 9.17) is 14.9 Å². The Labute approximate surface area is 267 Å². The Morgan fingerprint density at radius 3 is 2.27 bits per heavy atom. The van der Waals surface area contributed by atoms with Crippen molar-refractivity contribution in [2.24, 2.45) is 0 Å². The van der Waals surface area contributed by atoms with Crippen LogP contribution < -0.4 is 11.1 Å². The lowest BCUT2D eigenvalue weighted by atomic mass is 10.0. The van der Waals surface area contributed by atoms with E-state index in [9.17, 15) is 9.59 Å². The van der Waals surface area contributed by atoms with Crippen molar-refractivity contribution < 1.29 is 18.8 Å². The summed E-state index contributed by atoms with van der Waals surface area (Å²) in [6.07, 6.45) is 1.92. The molecule has 0 unspecified atom stereocenters. The van der Waals surface area contributed by atoms with E-state index < -0.39 is 13.9 Å². The van der Waals surface area contributed by atoms with E-state index >= 15 is 0 Å². The van der Waals surface area contributed by atoms with Gasteiger partial charge in [0.2, 0.25) is 5.91 Å². The highest BCUT2D eigenvalue weighted by Crippen LogP contribution is 2.44. The number of nitrogens with zero attached hydrogens (tertiary/aromatic N) is 2. The molecular formula is C34H48N4O4SSi. The molecule has 238 valence electrons. The Morgan fingerprint density at radius 2 is 1.70 bits per heavy atom. The topological polar surface area (TPSA) is 107 Å². The third kappa shape index (κ3) is 8.70. The highest BCUT2D eigenvalue weighted by atomic mass is 32.1. The second-order valence-corrected chi connectivity index (χ2v) is 19.8. The summed E-state index contributed by atoms with van der Waals surface area (Å²) in [5.74, 6) is -0.147. The van der Waals surface area contributed by atoms with Crippen LogP contribution in [0, 0.1) is 0 Å². The van der Waals surface area contributed by atoms with Gasteiger partial charge in [-0.1, -0.05) is 63.2 Å². The standard InChI is InChI=1S/C34H48N4O4SSi/c1-33(2,3)41-32(40)38-27(20-23-14-16-25(17-15-23)36-29(39)21-26-22-43-31(35)37-26)18-19-28(38)30(24-12-10-9-11-13-24)42-44(7,8)34(4,5)6/h9-17,22,27-28,30H,18-21H2,1-8H3,(H2,35,37)(H,36,39)/t27-,28+,30+/m0/s1. The van der Waals surface area contributed by atoms with Crippen LogP contribution in [0.5, 0.6) is 0 Å². The van der Waals surface area contributed by atoms with Gasteiger partial charge < -0.3 is 20.2 Å². The van der Waals surface area contributed by atoms with E-state index in [2.05, 4.69) is 56.3 Å². The van der Waals surface area contributed by atoms with E-state index in [0.717, 1.165) is 24.0 Å². The van der Waals surface area contributed by atoms with Crippen molar-refractivity contribution in [2.45, 2.75) is 109 Å². The first-order valence-electron chi connectivity index (χ1n) is 15.4.